The minimum atomic E-state index is -1.39. The highest BCUT2D eigenvalue weighted by atomic mass is 16.5. The maximum Gasteiger partial charge on any atom is 0.328 e. The van der Waals surface area contributed by atoms with E-state index in [2.05, 4.69) is 73.1 Å². The van der Waals surface area contributed by atoms with Crippen LogP contribution < -0.4 is 10.6 Å². The fourth-order valence-electron chi connectivity index (χ4n) is 5.55. The van der Waals surface area contributed by atoms with E-state index in [4.69, 9.17) is 14.9 Å². The van der Waals surface area contributed by atoms with E-state index in [1.165, 1.54) is 57.8 Å². The van der Waals surface area contributed by atoms with Crippen molar-refractivity contribution >= 4 is 23.8 Å². The normalized spacial score (nSPS) is 13.0. The van der Waals surface area contributed by atoms with Crippen LogP contribution in [-0.2, 0) is 23.9 Å². The fourth-order valence-corrected chi connectivity index (χ4v) is 5.55. The number of aliphatic hydroxyl groups is 1. The number of ether oxygens (including phenoxy) is 1. The van der Waals surface area contributed by atoms with Gasteiger partial charge in [0.2, 0.25) is 11.8 Å². The molecule has 2 amide bonds. The third kappa shape index (κ3) is 33.7. The van der Waals surface area contributed by atoms with E-state index in [-0.39, 0.29) is 30.9 Å². The first-order valence-corrected chi connectivity index (χ1v) is 20.0. The lowest BCUT2D eigenvalue weighted by molar-refractivity contribution is -0.149. The molecule has 0 aliphatic heterocycles. The molecular weight excluding hydrogens is 644 g/mol. The van der Waals surface area contributed by atoms with Gasteiger partial charge in [-0.1, -0.05) is 140 Å². The van der Waals surface area contributed by atoms with E-state index in [1.807, 2.05) is 0 Å². The molecule has 0 spiro atoms. The SMILES string of the molecule is CC/C=C\C/C=C\C/C=C\C/C=C\CCC(=O)OC(CCCCCCCCCCCC)CCCCCCCC(=O)NCC(=O)NC(CO)C(=O)O. The molecule has 292 valence electrons. The van der Waals surface area contributed by atoms with Gasteiger partial charge in [0.15, 0.2) is 0 Å². The van der Waals surface area contributed by atoms with Crippen LogP contribution >= 0.6 is 0 Å². The topological polar surface area (TPSA) is 142 Å². The Morgan fingerprint density at radius 1 is 0.608 bits per heavy atom. The van der Waals surface area contributed by atoms with Crippen molar-refractivity contribution in [3.05, 3.63) is 48.6 Å². The van der Waals surface area contributed by atoms with Crippen LogP contribution in [0.5, 0.6) is 0 Å². The lowest BCUT2D eigenvalue weighted by Gasteiger charge is -2.18. The summed E-state index contributed by atoms with van der Waals surface area (Å²) in [6.45, 7) is 3.34. The molecule has 2 unspecified atom stereocenters. The number of allylic oxidation sites excluding steroid dienone is 8. The van der Waals surface area contributed by atoms with Crippen LogP contribution in [0.3, 0.4) is 0 Å². The van der Waals surface area contributed by atoms with Gasteiger partial charge in [0.1, 0.15) is 12.1 Å². The molecule has 0 rings (SSSR count). The Kier molecular flexibility index (Phi) is 34.3. The minimum Gasteiger partial charge on any atom is -0.480 e. The first kappa shape index (κ1) is 47.8. The molecule has 0 aliphatic rings. The molecule has 51 heavy (non-hydrogen) atoms. The maximum atomic E-state index is 12.7. The second kappa shape index (κ2) is 36.6. The number of nitrogens with one attached hydrogen (secondary N) is 2. The van der Waals surface area contributed by atoms with Crippen LogP contribution in [0.1, 0.15) is 168 Å². The Morgan fingerprint density at radius 2 is 1.10 bits per heavy atom. The Labute approximate surface area is 309 Å². The summed E-state index contributed by atoms with van der Waals surface area (Å²) >= 11 is 0. The van der Waals surface area contributed by atoms with Gasteiger partial charge in [-0.3, -0.25) is 14.4 Å². The minimum absolute atomic E-state index is 0.0487. The average molecular weight is 717 g/mol. The lowest BCUT2D eigenvalue weighted by atomic mass is 10.0. The first-order valence-electron chi connectivity index (χ1n) is 20.0. The number of hydrogen-bond acceptors (Lipinski definition) is 6. The summed E-state index contributed by atoms with van der Waals surface area (Å²) in [6, 6.07) is -1.39. The van der Waals surface area contributed by atoms with Crippen molar-refractivity contribution in [1.82, 2.24) is 10.6 Å². The number of aliphatic carboxylic acids is 1. The van der Waals surface area contributed by atoms with Crippen molar-refractivity contribution in [3.63, 3.8) is 0 Å². The Balaban J connectivity index is 4.40. The Hall–Kier alpha value is -3.20. The molecule has 0 radical (unpaired) electrons. The third-order valence-corrected chi connectivity index (χ3v) is 8.60. The maximum absolute atomic E-state index is 12.7. The molecule has 0 fully saturated rings. The van der Waals surface area contributed by atoms with Gasteiger partial charge in [-0.25, -0.2) is 4.79 Å². The number of carboxylic acid groups (broad SMARTS) is 1. The number of unbranched alkanes of at least 4 members (excludes halogenated alkanes) is 13. The number of hydrogen-bond donors (Lipinski definition) is 4. The molecule has 0 saturated carbocycles. The first-order chi connectivity index (χ1) is 24.8. The van der Waals surface area contributed by atoms with Crippen LogP contribution in [0, 0.1) is 0 Å². The van der Waals surface area contributed by atoms with Crippen LogP contribution in [0.2, 0.25) is 0 Å². The summed E-state index contributed by atoms with van der Waals surface area (Å²) in [4.78, 5) is 47.4. The zero-order valence-corrected chi connectivity index (χ0v) is 32.1. The second-order valence-corrected chi connectivity index (χ2v) is 13.3. The summed E-state index contributed by atoms with van der Waals surface area (Å²) in [6.07, 6.45) is 41.4. The van der Waals surface area contributed by atoms with E-state index in [0.717, 1.165) is 70.6 Å². The molecular formula is C42H72N2O7. The van der Waals surface area contributed by atoms with Crippen LogP contribution in [0.15, 0.2) is 48.6 Å². The molecule has 0 aromatic carbocycles. The molecule has 0 saturated heterocycles. The monoisotopic (exact) mass is 717 g/mol. The smallest absolute Gasteiger partial charge is 0.328 e. The van der Waals surface area contributed by atoms with Crippen LogP contribution in [-0.4, -0.2) is 59.3 Å². The largest absolute Gasteiger partial charge is 0.480 e. The average Bonchev–Trinajstić information content (AvgIpc) is 3.11. The number of carboxylic acids is 1. The van der Waals surface area contributed by atoms with E-state index < -0.39 is 24.5 Å². The number of esters is 1. The standard InChI is InChI=1S/C42H72N2O7/c1-3-5-7-9-11-13-15-16-17-19-21-26-30-34-41(48)51-37(31-27-23-20-18-14-12-10-8-6-4-2)32-28-24-22-25-29-33-39(46)43-35-40(47)44-38(36-45)42(49)50/h5,7,11,13,16-17,21,26,37-38,45H,3-4,6,8-10,12,14-15,18-20,22-25,27-36H2,1-2H3,(H,43,46)(H,44,47)(H,49,50)/b7-5-,13-11-,17-16-,26-21-. The van der Waals surface area contributed by atoms with Crippen LogP contribution in [0.4, 0.5) is 0 Å². The number of carbonyl (C=O) groups excluding carboxylic acids is 3. The molecule has 9 heteroatoms. The molecule has 2 atom stereocenters. The second-order valence-electron chi connectivity index (χ2n) is 13.3. The van der Waals surface area contributed by atoms with Gasteiger partial charge in [0.25, 0.3) is 0 Å². The van der Waals surface area contributed by atoms with E-state index in [0.29, 0.717) is 19.3 Å². The fraction of sp³-hybridized carbons (Fsp3) is 0.714. The van der Waals surface area contributed by atoms with Gasteiger partial charge in [-0.2, -0.15) is 0 Å². The third-order valence-electron chi connectivity index (χ3n) is 8.60. The number of carbonyl (C=O) groups is 4. The van der Waals surface area contributed by atoms with Gasteiger partial charge in [-0.05, 0) is 64.2 Å². The highest BCUT2D eigenvalue weighted by Gasteiger charge is 2.19. The van der Waals surface area contributed by atoms with Gasteiger partial charge < -0.3 is 25.6 Å². The molecule has 4 N–H and O–H groups in total. The number of amides is 2. The van der Waals surface area contributed by atoms with Gasteiger partial charge >= 0.3 is 11.9 Å². The van der Waals surface area contributed by atoms with Crippen LogP contribution in [0.25, 0.3) is 0 Å². The van der Waals surface area contributed by atoms with Crippen molar-refractivity contribution in [1.29, 1.82) is 0 Å². The van der Waals surface area contributed by atoms with Crippen molar-refractivity contribution in [2.24, 2.45) is 0 Å². The highest BCUT2D eigenvalue weighted by Crippen LogP contribution is 2.18. The molecule has 0 heterocycles. The predicted molar refractivity (Wildman–Crippen MR) is 208 cm³/mol. The summed E-state index contributed by atoms with van der Waals surface area (Å²) in [5.74, 6) is -2.38. The number of aliphatic hydroxyl groups excluding tert-OH is 1. The molecule has 0 aliphatic carbocycles. The lowest BCUT2D eigenvalue weighted by Crippen LogP contribution is -2.47. The summed E-state index contributed by atoms with van der Waals surface area (Å²) in [5.41, 5.74) is 0. The molecule has 0 bridgehead atoms. The Morgan fingerprint density at radius 3 is 1.61 bits per heavy atom. The predicted octanol–water partition coefficient (Wildman–Crippen LogP) is 9.20. The van der Waals surface area contributed by atoms with E-state index >= 15 is 0 Å². The summed E-state index contributed by atoms with van der Waals surface area (Å²) in [7, 11) is 0. The van der Waals surface area contributed by atoms with Gasteiger partial charge in [-0.15, -0.1) is 0 Å². The van der Waals surface area contributed by atoms with Crippen molar-refractivity contribution in [2.45, 2.75) is 180 Å². The molecule has 9 nitrogen and oxygen atoms in total. The Bertz CT molecular complexity index is 1010. The quantitative estimate of drug-likeness (QED) is 0.0291. The molecule has 0 aromatic rings. The van der Waals surface area contributed by atoms with Crippen molar-refractivity contribution in [2.75, 3.05) is 13.2 Å². The van der Waals surface area contributed by atoms with E-state index in [1.54, 1.807) is 0 Å². The van der Waals surface area contributed by atoms with E-state index in [9.17, 15) is 19.2 Å². The van der Waals surface area contributed by atoms with Crippen molar-refractivity contribution < 1.29 is 34.1 Å². The zero-order valence-electron chi connectivity index (χ0n) is 32.1. The molecule has 0 aromatic heterocycles. The summed E-state index contributed by atoms with van der Waals surface area (Å²) < 4.78 is 5.96. The zero-order chi connectivity index (χ0) is 37.6. The highest BCUT2D eigenvalue weighted by molar-refractivity contribution is 5.87. The van der Waals surface area contributed by atoms with Crippen molar-refractivity contribution in [3.8, 4) is 0 Å². The summed E-state index contributed by atoms with van der Waals surface area (Å²) in [5, 5.41) is 22.5. The van der Waals surface area contributed by atoms with Gasteiger partial charge in [0.05, 0.1) is 13.2 Å². The van der Waals surface area contributed by atoms with Gasteiger partial charge in [0, 0.05) is 12.8 Å². The number of rotatable bonds is 35.